The van der Waals surface area contributed by atoms with Gasteiger partial charge in [0, 0.05) is 11.6 Å². The number of ether oxygens (including phenoxy) is 2. The molecule has 7 heteroatoms. The van der Waals surface area contributed by atoms with Crippen LogP contribution in [0.1, 0.15) is 15.9 Å². The summed E-state index contributed by atoms with van der Waals surface area (Å²) >= 11 is 0. The molecule has 116 valence electrons. The van der Waals surface area contributed by atoms with E-state index >= 15 is 0 Å². The number of nitro benzene ring substituents is 1. The van der Waals surface area contributed by atoms with Gasteiger partial charge in [-0.2, -0.15) is 0 Å². The van der Waals surface area contributed by atoms with Gasteiger partial charge in [-0.05, 0) is 35.9 Å². The lowest BCUT2D eigenvalue weighted by atomic mass is 10.1. The van der Waals surface area contributed by atoms with E-state index in [1.54, 1.807) is 18.2 Å². The summed E-state index contributed by atoms with van der Waals surface area (Å²) in [6, 6.07) is 8.72. The van der Waals surface area contributed by atoms with Gasteiger partial charge in [0.1, 0.15) is 0 Å². The van der Waals surface area contributed by atoms with Gasteiger partial charge in [-0.15, -0.1) is 0 Å². The number of nitro groups is 1. The fourth-order valence-corrected chi connectivity index (χ4v) is 2.11. The summed E-state index contributed by atoms with van der Waals surface area (Å²) in [5.74, 6) is 0.387. The Balaban J connectivity index is 1.81. The first-order valence-electron chi connectivity index (χ1n) is 6.64. The molecule has 1 aliphatic rings. The van der Waals surface area contributed by atoms with Crippen LogP contribution in [0, 0.1) is 10.1 Å². The van der Waals surface area contributed by atoms with Gasteiger partial charge in [-0.1, -0.05) is 12.1 Å². The van der Waals surface area contributed by atoms with E-state index in [2.05, 4.69) is 0 Å². The van der Waals surface area contributed by atoms with Crippen LogP contribution in [0.25, 0.3) is 6.08 Å². The topological polar surface area (TPSA) is 98.9 Å². The van der Waals surface area contributed by atoms with Crippen molar-refractivity contribution in [3.63, 3.8) is 0 Å². The van der Waals surface area contributed by atoms with Crippen LogP contribution in [-0.4, -0.2) is 22.6 Å². The molecule has 0 radical (unpaired) electrons. The lowest BCUT2D eigenvalue weighted by molar-refractivity contribution is -0.385. The van der Waals surface area contributed by atoms with Crippen molar-refractivity contribution in [3.05, 3.63) is 63.7 Å². The second-order valence-corrected chi connectivity index (χ2v) is 4.77. The quantitative estimate of drug-likeness (QED) is 0.403. The number of hydrogen-bond donors (Lipinski definition) is 1. The number of carbonyl (C=O) groups excluding carboxylic acids is 1. The van der Waals surface area contributed by atoms with Crippen LogP contribution in [0.4, 0.5) is 5.69 Å². The van der Waals surface area contributed by atoms with Crippen LogP contribution in [0.3, 0.4) is 0 Å². The molecule has 1 N–H and O–H groups in total. The summed E-state index contributed by atoms with van der Waals surface area (Å²) in [6.45, 7) is 0.125. The van der Waals surface area contributed by atoms with Crippen molar-refractivity contribution in [2.24, 2.45) is 0 Å². The lowest BCUT2D eigenvalue weighted by Crippen LogP contribution is -1.94. The standard InChI is InChI=1S/C16H11NO6/c18-13(11-3-6-15-16(8-11)23-9-22-15)4-1-10-2-5-14(19)12(7-10)17(20)21/h1-8,19H,9H2. The van der Waals surface area contributed by atoms with Gasteiger partial charge in [0.25, 0.3) is 0 Å². The Kier molecular flexibility index (Phi) is 3.68. The molecule has 1 heterocycles. The smallest absolute Gasteiger partial charge is 0.311 e. The average molecular weight is 313 g/mol. The molecule has 0 amide bonds. The molecule has 0 aromatic heterocycles. The SMILES string of the molecule is O=C(C=Cc1ccc(O)c([N+](=O)[O-])c1)c1ccc2c(c1)OCO2. The molecule has 23 heavy (non-hydrogen) atoms. The molecule has 0 unspecified atom stereocenters. The van der Waals surface area contributed by atoms with E-state index in [0.717, 1.165) is 0 Å². The molecule has 2 aromatic carbocycles. The average Bonchev–Trinajstić information content (AvgIpc) is 3.01. The van der Waals surface area contributed by atoms with Gasteiger partial charge in [0.15, 0.2) is 23.0 Å². The Bertz CT molecular complexity index is 827. The summed E-state index contributed by atoms with van der Waals surface area (Å²) < 4.78 is 10.4. The van der Waals surface area contributed by atoms with Crippen LogP contribution in [0.5, 0.6) is 17.2 Å². The van der Waals surface area contributed by atoms with Gasteiger partial charge in [-0.25, -0.2) is 0 Å². The molecule has 0 spiro atoms. The highest BCUT2D eigenvalue weighted by Gasteiger charge is 2.15. The molecule has 7 nitrogen and oxygen atoms in total. The predicted octanol–water partition coefficient (Wildman–Crippen LogP) is 2.93. The fraction of sp³-hybridized carbons (Fsp3) is 0.0625. The molecule has 0 fully saturated rings. The largest absolute Gasteiger partial charge is 0.502 e. The maximum atomic E-state index is 12.1. The number of nitrogens with zero attached hydrogens (tertiary/aromatic N) is 1. The number of phenolic OH excluding ortho intramolecular Hbond substituents is 1. The Morgan fingerprint density at radius 1 is 1.17 bits per heavy atom. The summed E-state index contributed by atoms with van der Waals surface area (Å²) in [5, 5.41) is 20.2. The maximum absolute atomic E-state index is 12.1. The Labute approximate surface area is 130 Å². The minimum atomic E-state index is -0.688. The molecule has 0 atom stereocenters. The summed E-state index contributed by atoms with van der Waals surface area (Å²) in [7, 11) is 0. The van der Waals surface area contributed by atoms with Crippen molar-refractivity contribution in [2.75, 3.05) is 6.79 Å². The van der Waals surface area contributed by atoms with Crippen molar-refractivity contribution in [1.82, 2.24) is 0 Å². The minimum Gasteiger partial charge on any atom is -0.502 e. The van der Waals surface area contributed by atoms with Crippen molar-refractivity contribution in [3.8, 4) is 17.2 Å². The number of hydrogen-bond acceptors (Lipinski definition) is 6. The minimum absolute atomic E-state index is 0.125. The number of aromatic hydroxyl groups is 1. The molecule has 0 bridgehead atoms. The maximum Gasteiger partial charge on any atom is 0.311 e. The molecule has 1 aliphatic heterocycles. The first kappa shape index (κ1) is 14.6. The molecular weight excluding hydrogens is 302 g/mol. The van der Waals surface area contributed by atoms with Gasteiger partial charge in [-0.3, -0.25) is 14.9 Å². The second kappa shape index (κ2) is 5.80. The first-order chi connectivity index (χ1) is 11.0. The van der Waals surface area contributed by atoms with Gasteiger partial charge < -0.3 is 14.6 Å². The summed E-state index contributed by atoms with van der Waals surface area (Å²) in [4.78, 5) is 22.2. The number of carbonyl (C=O) groups is 1. The van der Waals surface area contributed by atoms with E-state index in [1.807, 2.05) is 0 Å². The number of rotatable bonds is 4. The zero-order valence-corrected chi connectivity index (χ0v) is 11.8. The van der Waals surface area contributed by atoms with Gasteiger partial charge in [0.2, 0.25) is 6.79 Å². The van der Waals surface area contributed by atoms with E-state index in [-0.39, 0.29) is 12.6 Å². The van der Waals surface area contributed by atoms with E-state index in [0.29, 0.717) is 22.6 Å². The summed E-state index contributed by atoms with van der Waals surface area (Å²) in [6.07, 6.45) is 2.74. The van der Waals surface area contributed by atoms with Crippen molar-refractivity contribution in [2.45, 2.75) is 0 Å². The number of fused-ring (bicyclic) bond motifs is 1. The normalized spacial score (nSPS) is 12.5. The van der Waals surface area contributed by atoms with Crippen molar-refractivity contribution in [1.29, 1.82) is 0 Å². The Morgan fingerprint density at radius 2 is 1.96 bits per heavy atom. The van der Waals surface area contributed by atoms with E-state index < -0.39 is 16.4 Å². The number of phenols is 1. The highest BCUT2D eigenvalue weighted by molar-refractivity contribution is 6.07. The number of benzene rings is 2. The van der Waals surface area contributed by atoms with E-state index in [1.165, 1.54) is 30.4 Å². The Morgan fingerprint density at radius 3 is 2.74 bits per heavy atom. The van der Waals surface area contributed by atoms with Crippen LogP contribution in [0.2, 0.25) is 0 Å². The zero-order chi connectivity index (χ0) is 16.4. The monoisotopic (exact) mass is 313 g/mol. The van der Waals surface area contributed by atoms with Crippen molar-refractivity contribution >= 4 is 17.5 Å². The molecule has 2 aromatic rings. The van der Waals surface area contributed by atoms with E-state index in [9.17, 15) is 20.0 Å². The Hall–Kier alpha value is -3.35. The third-order valence-corrected chi connectivity index (χ3v) is 3.28. The first-order valence-corrected chi connectivity index (χ1v) is 6.64. The predicted molar refractivity (Wildman–Crippen MR) is 80.7 cm³/mol. The van der Waals surface area contributed by atoms with Crippen LogP contribution >= 0.6 is 0 Å². The lowest BCUT2D eigenvalue weighted by Gasteiger charge is -2.00. The second-order valence-electron chi connectivity index (χ2n) is 4.77. The number of ketones is 1. The molecule has 0 saturated carbocycles. The third kappa shape index (κ3) is 2.98. The van der Waals surface area contributed by atoms with Crippen molar-refractivity contribution < 1.29 is 24.3 Å². The van der Waals surface area contributed by atoms with Gasteiger partial charge >= 0.3 is 5.69 Å². The number of allylic oxidation sites excluding steroid dienone is 1. The molecule has 0 saturated heterocycles. The van der Waals surface area contributed by atoms with Crippen LogP contribution in [0.15, 0.2) is 42.5 Å². The third-order valence-electron chi connectivity index (χ3n) is 3.28. The summed E-state index contributed by atoms with van der Waals surface area (Å²) in [5.41, 5.74) is 0.435. The van der Waals surface area contributed by atoms with Crippen LogP contribution < -0.4 is 9.47 Å². The van der Waals surface area contributed by atoms with E-state index in [4.69, 9.17) is 9.47 Å². The fourth-order valence-electron chi connectivity index (χ4n) is 2.11. The molecule has 0 aliphatic carbocycles. The van der Waals surface area contributed by atoms with Gasteiger partial charge in [0.05, 0.1) is 4.92 Å². The van der Waals surface area contributed by atoms with Crippen LogP contribution in [-0.2, 0) is 0 Å². The highest BCUT2D eigenvalue weighted by Crippen LogP contribution is 2.32. The molecular formula is C16H11NO6. The molecule has 3 rings (SSSR count). The zero-order valence-electron chi connectivity index (χ0n) is 11.8. The highest BCUT2D eigenvalue weighted by atomic mass is 16.7.